The van der Waals surface area contributed by atoms with Crippen LogP contribution in [-0.2, 0) is 0 Å². The predicted octanol–water partition coefficient (Wildman–Crippen LogP) is 3.05. The van der Waals surface area contributed by atoms with Gasteiger partial charge in [-0.25, -0.2) is 0 Å². The molecule has 1 aromatic carbocycles. The fraction of sp³-hybridized carbons (Fsp3) is 0.0909. The highest BCUT2D eigenvalue weighted by Gasteiger charge is 2.06. The minimum atomic E-state index is 0.485. The van der Waals surface area contributed by atoms with E-state index in [2.05, 4.69) is 0 Å². The van der Waals surface area contributed by atoms with Gasteiger partial charge in [-0.15, -0.1) is 0 Å². The van der Waals surface area contributed by atoms with Crippen LogP contribution in [0.5, 0.6) is 0 Å². The van der Waals surface area contributed by atoms with Crippen molar-refractivity contribution in [1.29, 1.82) is 0 Å². The lowest BCUT2D eigenvalue weighted by Crippen LogP contribution is -1.82. The Bertz CT molecular complexity index is 454. The summed E-state index contributed by atoms with van der Waals surface area (Å²) in [4.78, 5) is 0. The summed E-state index contributed by atoms with van der Waals surface area (Å²) in [7, 11) is 0. The monoisotopic (exact) mass is 173 g/mol. The third-order valence-electron chi connectivity index (χ3n) is 2.00. The maximum atomic E-state index is 5.72. The molecule has 0 atom stereocenters. The molecule has 2 N–H and O–H groups in total. The lowest BCUT2D eigenvalue weighted by molar-refractivity contribution is 0.636. The minimum absolute atomic E-state index is 0.485. The SMILES string of the molecule is C/C=C\c1c(N)oc2ccccc12. The van der Waals surface area contributed by atoms with Gasteiger partial charge in [0.2, 0.25) is 0 Å². The Balaban J connectivity index is 2.78. The maximum absolute atomic E-state index is 5.72. The molecule has 66 valence electrons. The van der Waals surface area contributed by atoms with Crippen LogP contribution in [0.1, 0.15) is 12.5 Å². The van der Waals surface area contributed by atoms with Gasteiger partial charge < -0.3 is 10.2 Å². The van der Waals surface area contributed by atoms with Crippen molar-refractivity contribution >= 4 is 22.9 Å². The van der Waals surface area contributed by atoms with Gasteiger partial charge in [-0.3, -0.25) is 0 Å². The standard InChI is InChI=1S/C11H11NO/c1-2-5-9-8-6-3-4-7-10(8)13-11(9)12/h2-7H,12H2,1H3/b5-2-. The number of para-hydroxylation sites is 1. The van der Waals surface area contributed by atoms with Gasteiger partial charge in [-0.05, 0) is 13.0 Å². The Morgan fingerprint density at radius 1 is 1.31 bits per heavy atom. The first-order chi connectivity index (χ1) is 6.33. The van der Waals surface area contributed by atoms with E-state index >= 15 is 0 Å². The third-order valence-corrected chi connectivity index (χ3v) is 2.00. The van der Waals surface area contributed by atoms with Gasteiger partial charge in [0.25, 0.3) is 0 Å². The Morgan fingerprint density at radius 2 is 2.08 bits per heavy atom. The first-order valence-corrected chi connectivity index (χ1v) is 4.22. The molecule has 2 rings (SSSR count). The molecule has 0 saturated carbocycles. The molecule has 0 bridgehead atoms. The van der Waals surface area contributed by atoms with Gasteiger partial charge in [-0.1, -0.05) is 30.4 Å². The van der Waals surface area contributed by atoms with Crippen LogP contribution in [-0.4, -0.2) is 0 Å². The summed E-state index contributed by atoms with van der Waals surface area (Å²) >= 11 is 0. The molecule has 2 aromatic rings. The van der Waals surface area contributed by atoms with Crippen molar-refractivity contribution in [3.8, 4) is 0 Å². The maximum Gasteiger partial charge on any atom is 0.198 e. The zero-order valence-corrected chi connectivity index (χ0v) is 7.45. The average molecular weight is 173 g/mol. The van der Waals surface area contributed by atoms with Crippen LogP contribution in [0, 0.1) is 0 Å². The molecule has 0 unspecified atom stereocenters. The number of hydrogen-bond acceptors (Lipinski definition) is 2. The summed E-state index contributed by atoms with van der Waals surface area (Å²) in [5, 5.41) is 1.07. The molecule has 1 heterocycles. The van der Waals surface area contributed by atoms with E-state index in [4.69, 9.17) is 10.2 Å². The molecule has 0 radical (unpaired) electrons. The summed E-state index contributed by atoms with van der Waals surface area (Å²) in [6, 6.07) is 7.83. The lowest BCUT2D eigenvalue weighted by atomic mass is 10.1. The predicted molar refractivity (Wildman–Crippen MR) is 55.3 cm³/mol. The van der Waals surface area contributed by atoms with Crippen LogP contribution in [0.15, 0.2) is 34.8 Å². The Hall–Kier alpha value is -1.70. The second kappa shape index (κ2) is 2.98. The van der Waals surface area contributed by atoms with E-state index in [-0.39, 0.29) is 0 Å². The van der Waals surface area contributed by atoms with Gasteiger partial charge in [0, 0.05) is 10.9 Å². The molecule has 0 aliphatic heterocycles. The van der Waals surface area contributed by atoms with E-state index < -0.39 is 0 Å². The number of allylic oxidation sites excluding steroid dienone is 1. The van der Waals surface area contributed by atoms with E-state index in [1.807, 2.05) is 43.3 Å². The van der Waals surface area contributed by atoms with Crippen molar-refractivity contribution in [2.45, 2.75) is 6.92 Å². The molecule has 0 spiro atoms. The number of benzene rings is 1. The Morgan fingerprint density at radius 3 is 2.85 bits per heavy atom. The van der Waals surface area contributed by atoms with Crippen LogP contribution in [0.2, 0.25) is 0 Å². The largest absolute Gasteiger partial charge is 0.440 e. The summed E-state index contributed by atoms with van der Waals surface area (Å²) < 4.78 is 5.38. The number of nitrogen functional groups attached to an aromatic ring is 1. The Kier molecular flexibility index (Phi) is 1.81. The fourth-order valence-electron chi connectivity index (χ4n) is 1.42. The third kappa shape index (κ3) is 1.20. The molecule has 0 saturated heterocycles. The minimum Gasteiger partial charge on any atom is -0.440 e. The number of anilines is 1. The number of rotatable bonds is 1. The molecule has 0 aliphatic carbocycles. The van der Waals surface area contributed by atoms with Gasteiger partial charge in [-0.2, -0.15) is 0 Å². The first kappa shape index (κ1) is 7.92. The van der Waals surface area contributed by atoms with Crippen molar-refractivity contribution < 1.29 is 4.42 Å². The van der Waals surface area contributed by atoms with Crippen molar-refractivity contribution in [2.75, 3.05) is 5.73 Å². The summed E-state index contributed by atoms with van der Waals surface area (Å²) in [6.07, 6.45) is 3.91. The summed E-state index contributed by atoms with van der Waals surface area (Å²) in [6.45, 7) is 1.96. The summed E-state index contributed by atoms with van der Waals surface area (Å²) in [5.74, 6) is 0.485. The van der Waals surface area contributed by atoms with Crippen molar-refractivity contribution in [3.63, 3.8) is 0 Å². The van der Waals surface area contributed by atoms with Crippen molar-refractivity contribution in [2.24, 2.45) is 0 Å². The van der Waals surface area contributed by atoms with Crippen molar-refractivity contribution in [1.82, 2.24) is 0 Å². The van der Waals surface area contributed by atoms with Gasteiger partial charge in [0.1, 0.15) is 5.58 Å². The second-order valence-corrected chi connectivity index (χ2v) is 2.88. The molecular formula is C11H11NO. The smallest absolute Gasteiger partial charge is 0.198 e. The summed E-state index contributed by atoms with van der Waals surface area (Å²) in [5.41, 5.74) is 7.53. The number of nitrogens with two attached hydrogens (primary N) is 1. The van der Waals surface area contributed by atoms with Gasteiger partial charge >= 0.3 is 0 Å². The quantitative estimate of drug-likeness (QED) is 0.719. The topological polar surface area (TPSA) is 39.2 Å². The molecular weight excluding hydrogens is 162 g/mol. The Labute approximate surface area is 76.7 Å². The molecule has 0 aliphatic rings. The highest BCUT2D eigenvalue weighted by atomic mass is 16.3. The van der Waals surface area contributed by atoms with Crippen LogP contribution in [0.25, 0.3) is 17.0 Å². The van der Waals surface area contributed by atoms with Crippen LogP contribution in [0.4, 0.5) is 5.88 Å². The molecule has 2 heteroatoms. The number of hydrogen-bond donors (Lipinski definition) is 1. The molecule has 2 nitrogen and oxygen atoms in total. The van der Waals surface area contributed by atoms with Crippen LogP contribution >= 0.6 is 0 Å². The molecule has 13 heavy (non-hydrogen) atoms. The van der Waals surface area contributed by atoms with E-state index in [0.29, 0.717) is 5.88 Å². The lowest BCUT2D eigenvalue weighted by Gasteiger charge is -1.88. The molecule has 1 aromatic heterocycles. The van der Waals surface area contributed by atoms with Crippen LogP contribution < -0.4 is 5.73 Å². The van der Waals surface area contributed by atoms with E-state index in [9.17, 15) is 0 Å². The molecule has 0 amide bonds. The van der Waals surface area contributed by atoms with Gasteiger partial charge in [0.15, 0.2) is 5.88 Å². The van der Waals surface area contributed by atoms with E-state index in [1.54, 1.807) is 0 Å². The zero-order valence-electron chi connectivity index (χ0n) is 7.45. The van der Waals surface area contributed by atoms with E-state index in [1.165, 1.54) is 0 Å². The second-order valence-electron chi connectivity index (χ2n) is 2.88. The van der Waals surface area contributed by atoms with Crippen LogP contribution in [0.3, 0.4) is 0 Å². The average Bonchev–Trinajstić information content (AvgIpc) is 2.44. The normalized spacial score (nSPS) is 11.5. The zero-order chi connectivity index (χ0) is 9.26. The highest BCUT2D eigenvalue weighted by molar-refractivity contribution is 5.91. The number of fused-ring (bicyclic) bond motifs is 1. The van der Waals surface area contributed by atoms with E-state index in [0.717, 1.165) is 16.5 Å². The first-order valence-electron chi connectivity index (χ1n) is 4.22. The molecule has 0 fully saturated rings. The van der Waals surface area contributed by atoms with Gasteiger partial charge in [0.05, 0.1) is 0 Å². The fourth-order valence-corrected chi connectivity index (χ4v) is 1.42. The highest BCUT2D eigenvalue weighted by Crippen LogP contribution is 2.28. The number of furan rings is 1. The van der Waals surface area contributed by atoms with Crippen molar-refractivity contribution in [3.05, 3.63) is 35.9 Å².